The van der Waals surface area contributed by atoms with Gasteiger partial charge in [0.1, 0.15) is 0 Å². The average Bonchev–Trinajstić information content (AvgIpc) is 2.25. The van der Waals surface area contributed by atoms with Crippen molar-refractivity contribution in [2.75, 3.05) is 19.8 Å². The van der Waals surface area contributed by atoms with Gasteiger partial charge in [-0.2, -0.15) is 13.2 Å². The van der Waals surface area contributed by atoms with Gasteiger partial charge in [-0.25, -0.2) is 4.79 Å². The molecule has 0 saturated carbocycles. The summed E-state index contributed by atoms with van der Waals surface area (Å²) < 4.78 is 39.6. The number of nitrogens with zero attached hydrogens (tertiary/aromatic N) is 1. The third-order valence-electron chi connectivity index (χ3n) is 2.43. The van der Waals surface area contributed by atoms with Crippen LogP contribution in [0, 0.1) is 0 Å². The van der Waals surface area contributed by atoms with E-state index in [1.54, 1.807) is 0 Å². The molecule has 1 atom stereocenters. The number of halogens is 3. The molecule has 4 nitrogen and oxygen atoms in total. The zero-order chi connectivity index (χ0) is 12.2. The summed E-state index contributed by atoms with van der Waals surface area (Å²) in [5.41, 5.74) is 0. The number of piperidine rings is 1. The molecule has 0 radical (unpaired) electrons. The SMILES string of the molecule is O=C(OCC(F)(F)F)N1CCCCC1CO. The van der Waals surface area contributed by atoms with Gasteiger partial charge in [0.25, 0.3) is 0 Å². The van der Waals surface area contributed by atoms with Crippen LogP contribution in [-0.4, -0.2) is 48.1 Å². The van der Waals surface area contributed by atoms with E-state index in [0.717, 1.165) is 17.7 Å². The van der Waals surface area contributed by atoms with Gasteiger partial charge in [0.2, 0.25) is 0 Å². The Morgan fingerprint density at radius 1 is 1.44 bits per heavy atom. The minimum absolute atomic E-state index is 0.249. The van der Waals surface area contributed by atoms with E-state index in [1.807, 2.05) is 0 Å². The molecule has 0 aromatic carbocycles. The third-order valence-corrected chi connectivity index (χ3v) is 2.43. The Morgan fingerprint density at radius 2 is 2.12 bits per heavy atom. The Bertz CT molecular complexity index is 245. The monoisotopic (exact) mass is 241 g/mol. The number of aliphatic hydroxyl groups excluding tert-OH is 1. The lowest BCUT2D eigenvalue weighted by molar-refractivity contribution is -0.163. The molecule has 0 aliphatic carbocycles. The Labute approximate surface area is 91.0 Å². The summed E-state index contributed by atoms with van der Waals surface area (Å²) in [4.78, 5) is 12.5. The number of alkyl halides is 3. The highest BCUT2D eigenvalue weighted by molar-refractivity contribution is 5.68. The van der Waals surface area contributed by atoms with Crippen LogP contribution in [-0.2, 0) is 4.74 Å². The van der Waals surface area contributed by atoms with E-state index in [-0.39, 0.29) is 6.61 Å². The summed E-state index contributed by atoms with van der Waals surface area (Å²) >= 11 is 0. The minimum atomic E-state index is -4.51. The van der Waals surface area contributed by atoms with Crippen LogP contribution >= 0.6 is 0 Å². The summed E-state index contributed by atoms with van der Waals surface area (Å²) in [5.74, 6) is 0. The lowest BCUT2D eigenvalue weighted by Gasteiger charge is -2.33. The lowest BCUT2D eigenvalue weighted by Crippen LogP contribution is -2.46. The Kier molecular flexibility index (Phi) is 4.40. The molecule has 1 amide bonds. The second-order valence-electron chi connectivity index (χ2n) is 3.70. The summed E-state index contributed by atoms with van der Waals surface area (Å²) in [7, 11) is 0. The number of hydrogen-bond acceptors (Lipinski definition) is 3. The van der Waals surface area contributed by atoms with Crippen LogP contribution < -0.4 is 0 Å². The van der Waals surface area contributed by atoms with E-state index >= 15 is 0 Å². The predicted octanol–water partition coefficient (Wildman–Crippen LogP) is 1.53. The molecular weight excluding hydrogens is 227 g/mol. The van der Waals surface area contributed by atoms with Gasteiger partial charge in [0.05, 0.1) is 12.6 Å². The highest BCUT2D eigenvalue weighted by atomic mass is 19.4. The van der Waals surface area contributed by atoms with E-state index in [0.29, 0.717) is 13.0 Å². The number of rotatable bonds is 2. The average molecular weight is 241 g/mol. The molecule has 1 aliphatic rings. The van der Waals surface area contributed by atoms with Crippen LogP contribution in [0.5, 0.6) is 0 Å². The normalized spacial score (nSPS) is 22.0. The first-order valence-corrected chi connectivity index (χ1v) is 5.05. The van der Waals surface area contributed by atoms with Crippen molar-refractivity contribution in [3.8, 4) is 0 Å². The smallest absolute Gasteiger partial charge is 0.422 e. The fourth-order valence-electron chi connectivity index (χ4n) is 1.66. The van der Waals surface area contributed by atoms with Crippen molar-refractivity contribution >= 4 is 6.09 Å². The minimum Gasteiger partial charge on any atom is -0.440 e. The van der Waals surface area contributed by atoms with Crippen molar-refractivity contribution in [2.45, 2.75) is 31.5 Å². The second-order valence-corrected chi connectivity index (χ2v) is 3.70. The fourth-order valence-corrected chi connectivity index (χ4v) is 1.66. The number of ether oxygens (including phenoxy) is 1. The highest BCUT2D eigenvalue weighted by Crippen LogP contribution is 2.19. The molecule has 1 N–H and O–H groups in total. The van der Waals surface area contributed by atoms with Crippen LogP contribution in [0.15, 0.2) is 0 Å². The summed E-state index contributed by atoms with van der Waals surface area (Å²) in [5, 5.41) is 8.97. The molecule has 1 fully saturated rings. The van der Waals surface area contributed by atoms with Gasteiger partial charge in [-0.3, -0.25) is 0 Å². The first-order valence-electron chi connectivity index (χ1n) is 5.05. The van der Waals surface area contributed by atoms with E-state index in [9.17, 15) is 18.0 Å². The van der Waals surface area contributed by atoms with Crippen molar-refractivity contribution in [3.63, 3.8) is 0 Å². The van der Waals surface area contributed by atoms with Gasteiger partial charge in [-0.05, 0) is 19.3 Å². The predicted molar refractivity (Wildman–Crippen MR) is 48.8 cm³/mol. The van der Waals surface area contributed by atoms with Crippen LogP contribution in [0.25, 0.3) is 0 Å². The molecule has 1 heterocycles. The maximum atomic E-state index is 11.8. The fraction of sp³-hybridized carbons (Fsp3) is 0.889. The van der Waals surface area contributed by atoms with Crippen LogP contribution in [0.3, 0.4) is 0 Å². The molecule has 0 bridgehead atoms. The van der Waals surface area contributed by atoms with E-state index in [4.69, 9.17) is 5.11 Å². The van der Waals surface area contributed by atoms with Gasteiger partial charge in [0, 0.05) is 6.54 Å². The third kappa shape index (κ3) is 3.88. The lowest BCUT2D eigenvalue weighted by atomic mass is 10.0. The maximum absolute atomic E-state index is 11.8. The van der Waals surface area contributed by atoms with Crippen molar-refractivity contribution < 1.29 is 27.8 Å². The Morgan fingerprint density at radius 3 is 2.69 bits per heavy atom. The largest absolute Gasteiger partial charge is 0.440 e. The number of hydrogen-bond donors (Lipinski definition) is 1. The Balaban J connectivity index is 2.45. The molecule has 1 rings (SSSR count). The van der Waals surface area contributed by atoms with Crippen LogP contribution in [0.4, 0.5) is 18.0 Å². The molecule has 0 aromatic heterocycles. The summed E-state index contributed by atoms with van der Waals surface area (Å²) in [6, 6.07) is -0.422. The zero-order valence-electron chi connectivity index (χ0n) is 8.66. The quantitative estimate of drug-likeness (QED) is 0.797. The second kappa shape index (κ2) is 5.38. The molecular formula is C9H14F3NO3. The first-order chi connectivity index (χ1) is 7.44. The zero-order valence-corrected chi connectivity index (χ0v) is 8.66. The molecule has 94 valence electrons. The van der Waals surface area contributed by atoms with Gasteiger partial charge in [-0.15, -0.1) is 0 Å². The van der Waals surface area contributed by atoms with Gasteiger partial charge >= 0.3 is 12.3 Å². The molecule has 16 heavy (non-hydrogen) atoms. The van der Waals surface area contributed by atoms with Crippen molar-refractivity contribution in [1.29, 1.82) is 0 Å². The topological polar surface area (TPSA) is 49.8 Å². The summed E-state index contributed by atoms with van der Waals surface area (Å²) in [6.45, 7) is -1.50. The molecule has 1 saturated heterocycles. The van der Waals surface area contributed by atoms with Crippen LogP contribution in [0.2, 0.25) is 0 Å². The van der Waals surface area contributed by atoms with Gasteiger partial charge < -0.3 is 14.7 Å². The number of amides is 1. The van der Waals surface area contributed by atoms with E-state index in [1.165, 1.54) is 0 Å². The number of aliphatic hydroxyl groups is 1. The number of likely N-dealkylation sites (tertiary alicyclic amines) is 1. The van der Waals surface area contributed by atoms with Gasteiger partial charge in [0.15, 0.2) is 6.61 Å². The molecule has 1 aliphatic heterocycles. The van der Waals surface area contributed by atoms with E-state index in [2.05, 4.69) is 4.74 Å². The Hall–Kier alpha value is -0.980. The summed E-state index contributed by atoms with van der Waals surface area (Å²) in [6.07, 6.45) is -3.35. The van der Waals surface area contributed by atoms with Gasteiger partial charge in [-0.1, -0.05) is 0 Å². The first kappa shape index (κ1) is 13.1. The van der Waals surface area contributed by atoms with Crippen LogP contribution in [0.1, 0.15) is 19.3 Å². The maximum Gasteiger partial charge on any atom is 0.422 e. The molecule has 1 unspecified atom stereocenters. The number of carbonyl (C=O) groups excluding carboxylic acids is 1. The highest BCUT2D eigenvalue weighted by Gasteiger charge is 2.33. The van der Waals surface area contributed by atoms with Crippen molar-refractivity contribution in [1.82, 2.24) is 4.90 Å². The number of carbonyl (C=O) groups is 1. The van der Waals surface area contributed by atoms with E-state index < -0.39 is 24.9 Å². The van der Waals surface area contributed by atoms with Crippen molar-refractivity contribution in [2.24, 2.45) is 0 Å². The molecule has 0 spiro atoms. The molecule has 7 heteroatoms. The molecule has 0 aromatic rings. The van der Waals surface area contributed by atoms with Crippen molar-refractivity contribution in [3.05, 3.63) is 0 Å². The standard InChI is InChI=1S/C9H14F3NO3/c10-9(11,12)6-16-8(15)13-4-2-1-3-7(13)5-14/h7,14H,1-6H2.